The van der Waals surface area contributed by atoms with Crippen molar-refractivity contribution in [1.29, 1.82) is 0 Å². The Balaban J connectivity index is 2.17. The first-order valence-electron chi connectivity index (χ1n) is 6.17. The smallest absolute Gasteiger partial charge is 0.242 e. The molecule has 1 aromatic carbocycles. The molecule has 1 aliphatic heterocycles. The van der Waals surface area contributed by atoms with E-state index >= 15 is 0 Å². The lowest BCUT2D eigenvalue weighted by Gasteiger charge is -2.17. The summed E-state index contributed by atoms with van der Waals surface area (Å²) >= 11 is 9.26. The molecule has 1 saturated heterocycles. The first-order chi connectivity index (χ1) is 8.99. The molecule has 2 N–H and O–H groups in total. The molecule has 0 aliphatic carbocycles. The normalized spacial score (nSPS) is 21.1. The van der Waals surface area contributed by atoms with Gasteiger partial charge in [0, 0.05) is 17.1 Å². The minimum absolute atomic E-state index is 0.0767. The lowest BCUT2D eigenvalue weighted by molar-refractivity contribution is 0.521. The number of halogens is 2. The molecule has 2 rings (SSSR count). The van der Waals surface area contributed by atoms with Gasteiger partial charge in [-0.3, -0.25) is 0 Å². The van der Waals surface area contributed by atoms with Crippen LogP contribution < -0.4 is 10.0 Å². The van der Waals surface area contributed by atoms with E-state index in [1.165, 1.54) is 6.07 Å². The van der Waals surface area contributed by atoms with Crippen LogP contribution in [-0.2, 0) is 10.0 Å². The van der Waals surface area contributed by atoms with Crippen molar-refractivity contribution in [3.05, 3.63) is 27.7 Å². The van der Waals surface area contributed by atoms with Crippen LogP contribution in [-0.4, -0.2) is 27.5 Å². The Hall–Kier alpha value is -0.140. The summed E-state index contributed by atoms with van der Waals surface area (Å²) in [6.07, 6.45) is 2.95. The topological polar surface area (TPSA) is 58.2 Å². The molecule has 19 heavy (non-hydrogen) atoms. The summed E-state index contributed by atoms with van der Waals surface area (Å²) in [4.78, 5) is 0.126. The second-order valence-electron chi connectivity index (χ2n) is 4.59. The van der Waals surface area contributed by atoms with Crippen LogP contribution in [0.2, 0.25) is 5.02 Å². The van der Waals surface area contributed by atoms with E-state index in [9.17, 15) is 8.42 Å². The Bertz CT molecular complexity index is 543. The number of sulfonamides is 1. The van der Waals surface area contributed by atoms with E-state index in [-0.39, 0.29) is 16.0 Å². The van der Waals surface area contributed by atoms with E-state index < -0.39 is 10.0 Å². The standard InChI is InChI=1S/C12H16BrClN2O2S/c13-9-4-5-12(11(14)7-9)19(17,18)16-10-3-1-2-6-15-8-10/h4-5,7,10,15-16H,1-3,6,8H2. The van der Waals surface area contributed by atoms with Crippen molar-refractivity contribution in [1.82, 2.24) is 10.0 Å². The lowest BCUT2D eigenvalue weighted by Crippen LogP contribution is -2.40. The Morgan fingerprint density at radius 2 is 2.16 bits per heavy atom. The van der Waals surface area contributed by atoms with Crippen molar-refractivity contribution in [2.45, 2.75) is 30.2 Å². The highest BCUT2D eigenvalue weighted by Crippen LogP contribution is 2.25. The SMILES string of the molecule is O=S(=O)(NC1CCCCNC1)c1ccc(Br)cc1Cl. The van der Waals surface area contributed by atoms with Crippen molar-refractivity contribution in [2.75, 3.05) is 13.1 Å². The Labute approximate surface area is 127 Å². The van der Waals surface area contributed by atoms with Gasteiger partial charge in [-0.25, -0.2) is 13.1 Å². The fourth-order valence-corrected chi connectivity index (χ4v) is 4.40. The summed E-state index contributed by atoms with van der Waals surface area (Å²) in [7, 11) is -3.57. The van der Waals surface area contributed by atoms with E-state index in [1.54, 1.807) is 12.1 Å². The molecular weight excluding hydrogens is 352 g/mol. The van der Waals surface area contributed by atoms with Crippen molar-refractivity contribution < 1.29 is 8.42 Å². The van der Waals surface area contributed by atoms with Gasteiger partial charge in [-0.1, -0.05) is 34.0 Å². The molecule has 4 nitrogen and oxygen atoms in total. The molecule has 0 radical (unpaired) electrons. The summed E-state index contributed by atoms with van der Waals surface area (Å²) in [5.74, 6) is 0. The van der Waals surface area contributed by atoms with Crippen LogP contribution in [0, 0.1) is 0 Å². The van der Waals surface area contributed by atoms with Crippen LogP contribution >= 0.6 is 27.5 Å². The van der Waals surface area contributed by atoms with E-state index in [4.69, 9.17) is 11.6 Å². The summed E-state index contributed by atoms with van der Waals surface area (Å²) in [5, 5.41) is 3.45. The highest BCUT2D eigenvalue weighted by atomic mass is 79.9. The second kappa shape index (κ2) is 6.54. The maximum Gasteiger partial charge on any atom is 0.242 e. The molecule has 1 atom stereocenters. The van der Waals surface area contributed by atoms with Crippen LogP contribution in [0.3, 0.4) is 0 Å². The zero-order valence-electron chi connectivity index (χ0n) is 10.3. The minimum atomic E-state index is -3.57. The molecule has 1 aliphatic rings. The van der Waals surface area contributed by atoms with Crippen LogP contribution in [0.15, 0.2) is 27.6 Å². The number of benzene rings is 1. The molecule has 1 heterocycles. The van der Waals surface area contributed by atoms with Gasteiger partial charge in [0.2, 0.25) is 10.0 Å². The quantitative estimate of drug-likeness (QED) is 0.863. The lowest BCUT2D eigenvalue weighted by atomic mass is 10.2. The van der Waals surface area contributed by atoms with Gasteiger partial charge in [0.1, 0.15) is 4.90 Å². The van der Waals surface area contributed by atoms with Crippen LogP contribution in [0.1, 0.15) is 19.3 Å². The third-order valence-corrected chi connectivity index (χ3v) is 5.55. The fraction of sp³-hybridized carbons (Fsp3) is 0.500. The Morgan fingerprint density at radius 1 is 1.37 bits per heavy atom. The molecule has 0 aromatic heterocycles. The van der Waals surface area contributed by atoms with Gasteiger partial charge in [-0.15, -0.1) is 0 Å². The summed E-state index contributed by atoms with van der Waals surface area (Å²) in [6.45, 7) is 1.60. The van der Waals surface area contributed by atoms with Gasteiger partial charge >= 0.3 is 0 Å². The fourth-order valence-electron chi connectivity index (χ4n) is 2.10. The van der Waals surface area contributed by atoms with E-state index in [0.717, 1.165) is 30.3 Å². The predicted octanol–water partition coefficient (Wildman–Crippen LogP) is 2.52. The van der Waals surface area contributed by atoms with E-state index in [1.807, 2.05) is 0 Å². The first-order valence-corrected chi connectivity index (χ1v) is 8.82. The third kappa shape index (κ3) is 4.16. The summed E-state index contributed by atoms with van der Waals surface area (Å²) in [5.41, 5.74) is 0. The average molecular weight is 368 g/mol. The van der Waals surface area contributed by atoms with Crippen molar-refractivity contribution in [3.63, 3.8) is 0 Å². The zero-order valence-corrected chi connectivity index (χ0v) is 13.5. The van der Waals surface area contributed by atoms with Crippen molar-refractivity contribution in [3.8, 4) is 0 Å². The Morgan fingerprint density at radius 3 is 2.89 bits per heavy atom. The molecule has 7 heteroatoms. The monoisotopic (exact) mass is 366 g/mol. The number of nitrogens with one attached hydrogen (secondary N) is 2. The van der Waals surface area contributed by atoms with Crippen LogP contribution in [0.25, 0.3) is 0 Å². The third-order valence-electron chi connectivity index (χ3n) is 3.05. The average Bonchev–Trinajstić information content (AvgIpc) is 2.56. The predicted molar refractivity (Wildman–Crippen MR) is 80.0 cm³/mol. The maximum absolute atomic E-state index is 12.3. The van der Waals surface area contributed by atoms with Crippen molar-refractivity contribution in [2.24, 2.45) is 0 Å². The highest BCUT2D eigenvalue weighted by molar-refractivity contribution is 9.10. The van der Waals surface area contributed by atoms with Gasteiger partial charge in [0.05, 0.1) is 5.02 Å². The molecular formula is C12H16BrClN2O2S. The molecule has 106 valence electrons. The zero-order chi connectivity index (χ0) is 13.9. The molecule has 1 unspecified atom stereocenters. The largest absolute Gasteiger partial charge is 0.315 e. The van der Waals surface area contributed by atoms with Crippen LogP contribution in [0.5, 0.6) is 0 Å². The molecule has 0 amide bonds. The first kappa shape index (κ1) is 15.3. The highest BCUT2D eigenvalue weighted by Gasteiger charge is 2.23. The van der Waals surface area contributed by atoms with Crippen molar-refractivity contribution >= 4 is 37.6 Å². The molecule has 1 fully saturated rings. The summed E-state index contributed by atoms with van der Waals surface area (Å²) < 4.78 is 28.1. The minimum Gasteiger partial charge on any atom is -0.315 e. The van der Waals surface area contributed by atoms with Gasteiger partial charge in [0.15, 0.2) is 0 Å². The molecule has 0 spiro atoms. The van der Waals surface area contributed by atoms with Crippen LogP contribution in [0.4, 0.5) is 0 Å². The maximum atomic E-state index is 12.3. The number of rotatable bonds is 3. The molecule has 1 aromatic rings. The molecule has 0 saturated carbocycles. The second-order valence-corrected chi connectivity index (χ2v) is 7.60. The number of hydrogen-bond donors (Lipinski definition) is 2. The Kier molecular flexibility index (Phi) is 5.25. The van der Waals surface area contributed by atoms with Gasteiger partial charge in [-0.2, -0.15) is 0 Å². The number of hydrogen-bond acceptors (Lipinski definition) is 3. The van der Waals surface area contributed by atoms with Gasteiger partial charge < -0.3 is 5.32 Å². The van der Waals surface area contributed by atoms with Gasteiger partial charge in [-0.05, 0) is 37.6 Å². The molecule has 0 bridgehead atoms. The van der Waals surface area contributed by atoms with Gasteiger partial charge in [0.25, 0.3) is 0 Å². The summed E-state index contributed by atoms with van der Waals surface area (Å²) in [6, 6.07) is 4.69. The van der Waals surface area contributed by atoms with E-state index in [0.29, 0.717) is 6.54 Å². The van der Waals surface area contributed by atoms with E-state index in [2.05, 4.69) is 26.0 Å².